The molecule has 0 spiro atoms. The fourth-order valence-corrected chi connectivity index (χ4v) is 2.75. The molecule has 0 aromatic rings. The van der Waals surface area contributed by atoms with Crippen molar-refractivity contribution in [3.8, 4) is 0 Å². The Labute approximate surface area is 97.6 Å². The molecule has 0 amide bonds. The van der Waals surface area contributed by atoms with Crippen LogP contribution in [-0.2, 0) is 4.79 Å². The van der Waals surface area contributed by atoms with Gasteiger partial charge in [0.2, 0.25) is 0 Å². The minimum Gasteiger partial charge on any atom is -0.480 e. The van der Waals surface area contributed by atoms with E-state index in [2.05, 4.69) is 5.32 Å². The van der Waals surface area contributed by atoms with E-state index in [1.165, 1.54) is 32.1 Å². The van der Waals surface area contributed by atoms with Crippen molar-refractivity contribution >= 4 is 5.97 Å². The van der Waals surface area contributed by atoms with Crippen LogP contribution in [0.25, 0.3) is 0 Å². The summed E-state index contributed by atoms with van der Waals surface area (Å²) in [5, 5.41) is 12.8. The second kappa shape index (κ2) is 4.74. The molecule has 1 unspecified atom stereocenters. The number of rotatable bonds is 5. The molecule has 0 radical (unpaired) electrons. The molecule has 2 aliphatic rings. The number of carbonyl (C=O) groups is 1. The first-order valence-electron chi connectivity index (χ1n) is 6.61. The molecule has 2 N–H and O–H groups in total. The van der Waals surface area contributed by atoms with E-state index in [0.717, 1.165) is 25.3 Å². The number of carboxylic acid groups (broad SMARTS) is 1. The summed E-state index contributed by atoms with van der Waals surface area (Å²) in [6.45, 7) is 2.77. The maximum atomic E-state index is 11.5. The first-order chi connectivity index (χ1) is 7.63. The van der Waals surface area contributed by atoms with Crippen LogP contribution in [0.4, 0.5) is 0 Å². The largest absolute Gasteiger partial charge is 0.480 e. The maximum Gasteiger partial charge on any atom is 0.323 e. The molecule has 2 saturated carbocycles. The zero-order valence-electron chi connectivity index (χ0n) is 10.2. The summed E-state index contributed by atoms with van der Waals surface area (Å²) in [5.74, 6) is 0.389. The normalized spacial score (nSPS) is 26.3. The summed E-state index contributed by atoms with van der Waals surface area (Å²) in [5.41, 5.74) is -0.691. The fraction of sp³-hybridized carbons (Fsp3) is 0.923. The number of aliphatic carboxylic acids is 1. The second-order valence-electron chi connectivity index (χ2n) is 5.67. The molecule has 0 aromatic carbocycles. The molecule has 0 aromatic heterocycles. The van der Waals surface area contributed by atoms with Crippen LogP contribution >= 0.6 is 0 Å². The minimum atomic E-state index is -0.691. The van der Waals surface area contributed by atoms with Crippen LogP contribution in [0.2, 0.25) is 0 Å². The smallest absolute Gasteiger partial charge is 0.323 e. The molecule has 2 fully saturated rings. The highest BCUT2D eigenvalue weighted by molar-refractivity contribution is 5.78. The van der Waals surface area contributed by atoms with Crippen molar-refractivity contribution in [3.63, 3.8) is 0 Å². The molecule has 2 aliphatic carbocycles. The van der Waals surface area contributed by atoms with Crippen molar-refractivity contribution in [3.05, 3.63) is 0 Å². The van der Waals surface area contributed by atoms with Gasteiger partial charge >= 0.3 is 5.97 Å². The number of hydrogen-bond donors (Lipinski definition) is 2. The van der Waals surface area contributed by atoms with Gasteiger partial charge in [-0.2, -0.15) is 0 Å². The van der Waals surface area contributed by atoms with E-state index in [4.69, 9.17) is 0 Å². The summed E-state index contributed by atoms with van der Waals surface area (Å²) >= 11 is 0. The van der Waals surface area contributed by atoms with Gasteiger partial charge in [-0.25, -0.2) is 0 Å². The van der Waals surface area contributed by atoms with Gasteiger partial charge < -0.3 is 10.4 Å². The standard InChI is InChI=1S/C13H23NO2/c1-13(12(15)16,14-9-10-7-8-10)11-5-3-2-4-6-11/h10-11,14H,2-9H2,1H3,(H,15,16). The van der Waals surface area contributed by atoms with Crippen LogP contribution in [0.15, 0.2) is 0 Å². The van der Waals surface area contributed by atoms with Crippen molar-refractivity contribution in [2.75, 3.05) is 6.54 Å². The van der Waals surface area contributed by atoms with Crippen LogP contribution in [0.3, 0.4) is 0 Å². The third kappa shape index (κ3) is 2.57. The molecule has 0 aliphatic heterocycles. The topological polar surface area (TPSA) is 49.3 Å². The molecular weight excluding hydrogens is 202 g/mol. The van der Waals surface area contributed by atoms with E-state index in [9.17, 15) is 9.90 Å². The van der Waals surface area contributed by atoms with Gasteiger partial charge in [-0.05, 0) is 51.0 Å². The lowest BCUT2D eigenvalue weighted by Gasteiger charge is -2.37. The first-order valence-corrected chi connectivity index (χ1v) is 6.61. The van der Waals surface area contributed by atoms with E-state index < -0.39 is 11.5 Å². The van der Waals surface area contributed by atoms with Gasteiger partial charge in [0.25, 0.3) is 0 Å². The van der Waals surface area contributed by atoms with Crippen molar-refractivity contribution < 1.29 is 9.90 Å². The molecule has 3 nitrogen and oxygen atoms in total. The van der Waals surface area contributed by atoms with Crippen LogP contribution in [0, 0.1) is 11.8 Å². The van der Waals surface area contributed by atoms with Crippen LogP contribution in [0.1, 0.15) is 51.9 Å². The van der Waals surface area contributed by atoms with Crippen molar-refractivity contribution in [1.29, 1.82) is 0 Å². The summed E-state index contributed by atoms with van der Waals surface area (Å²) < 4.78 is 0. The average molecular weight is 225 g/mol. The van der Waals surface area contributed by atoms with Crippen molar-refractivity contribution in [1.82, 2.24) is 5.32 Å². The van der Waals surface area contributed by atoms with Crippen molar-refractivity contribution in [2.24, 2.45) is 11.8 Å². The Morgan fingerprint density at radius 2 is 1.88 bits per heavy atom. The molecule has 92 valence electrons. The molecule has 3 heteroatoms. The Morgan fingerprint density at radius 3 is 2.38 bits per heavy atom. The Morgan fingerprint density at radius 1 is 1.25 bits per heavy atom. The van der Waals surface area contributed by atoms with Gasteiger partial charge in [0.1, 0.15) is 5.54 Å². The quantitative estimate of drug-likeness (QED) is 0.755. The second-order valence-corrected chi connectivity index (χ2v) is 5.67. The number of nitrogens with one attached hydrogen (secondary N) is 1. The van der Waals surface area contributed by atoms with Gasteiger partial charge in [-0.3, -0.25) is 4.79 Å². The monoisotopic (exact) mass is 225 g/mol. The third-order valence-corrected chi connectivity index (χ3v) is 4.32. The SMILES string of the molecule is CC(NCC1CC1)(C(=O)O)C1CCCCC1. The lowest BCUT2D eigenvalue weighted by Crippen LogP contribution is -2.56. The predicted octanol–water partition coefficient (Wildman–Crippen LogP) is 2.41. The maximum absolute atomic E-state index is 11.5. The Kier molecular flexibility index (Phi) is 3.53. The summed E-state index contributed by atoms with van der Waals surface area (Å²) in [7, 11) is 0. The lowest BCUT2D eigenvalue weighted by molar-refractivity contribution is -0.147. The van der Waals surface area contributed by atoms with Gasteiger partial charge in [-0.1, -0.05) is 19.3 Å². The molecule has 2 rings (SSSR count). The molecule has 0 heterocycles. The molecular formula is C13H23NO2. The zero-order chi connectivity index (χ0) is 11.6. The highest BCUT2D eigenvalue weighted by Crippen LogP contribution is 2.34. The predicted molar refractivity (Wildman–Crippen MR) is 63.3 cm³/mol. The summed E-state index contributed by atoms with van der Waals surface area (Å²) in [6, 6.07) is 0. The lowest BCUT2D eigenvalue weighted by atomic mass is 9.75. The van der Waals surface area contributed by atoms with E-state index in [-0.39, 0.29) is 0 Å². The summed E-state index contributed by atoms with van der Waals surface area (Å²) in [4.78, 5) is 11.5. The zero-order valence-corrected chi connectivity index (χ0v) is 10.2. The Bertz CT molecular complexity index is 257. The van der Waals surface area contributed by atoms with E-state index in [1.54, 1.807) is 0 Å². The van der Waals surface area contributed by atoms with Crippen LogP contribution in [0.5, 0.6) is 0 Å². The molecule has 0 saturated heterocycles. The van der Waals surface area contributed by atoms with E-state index in [0.29, 0.717) is 5.92 Å². The van der Waals surface area contributed by atoms with Gasteiger partial charge in [0, 0.05) is 0 Å². The number of hydrogen-bond acceptors (Lipinski definition) is 2. The Balaban J connectivity index is 1.96. The van der Waals surface area contributed by atoms with Crippen LogP contribution in [-0.4, -0.2) is 23.2 Å². The van der Waals surface area contributed by atoms with Crippen LogP contribution < -0.4 is 5.32 Å². The van der Waals surface area contributed by atoms with E-state index >= 15 is 0 Å². The molecule has 0 bridgehead atoms. The number of carboxylic acids is 1. The minimum absolute atomic E-state index is 0.317. The highest BCUT2D eigenvalue weighted by atomic mass is 16.4. The highest BCUT2D eigenvalue weighted by Gasteiger charge is 2.42. The fourth-order valence-electron chi connectivity index (χ4n) is 2.75. The third-order valence-electron chi connectivity index (χ3n) is 4.32. The Hall–Kier alpha value is -0.570. The summed E-state index contributed by atoms with van der Waals surface area (Å²) in [6.07, 6.45) is 8.34. The van der Waals surface area contributed by atoms with Gasteiger partial charge in [0.05, 0.1) is 0 Å². The average Bonchev–Trinajstić information content (AvgIpc) is 3.10. The molecule has 16 heavy (non-hydrogen) atoms. The van der Waals surface area contributed by atoms with Gasteiger partial charge in [0.15, 0.2) is 0 Å². The van der Waals surface area contributed by atoms with Crippen molar-refractivity contribution in [2.45, 2.75) is 57.4 Å². The van der Waals surface area contributed by atoms with Gasteiger partial charge in [-0.15, -0.1) is 0 Å². The molecule has 1 atom stereocenters. The van der Waals surface area contributed by atoms with E-state index in [1.807, 2.05) is 6.92 Å². The first kappa shape index (κ1) is 11.9.